The van der Waals surface area contributed by atoms with Gasteiger partial charge in [-0.1, -0.05) is 17.2 Å². The summed E-state index contributed by atoms with van der Waals surface area (Å²) in [5, 5.41) is 53.9. The third-order valence-electron chi connectivity index (χ3n) is 6.01. The van der Waals surface area contributed by atoms with Gasteiger partial charge < -0.3 is 10.2 Å². The number of nitrogens with zero attached hydrogens (tertiary/aromatic N) is 6. The molecule has 1 heterocycles. The largest absolute Gasteiger partial charge is 0.504 e. The normalized spacial score (nSPS) is 13.0. The lowest BCUT2D eigenvalue weighted by atomic mass is 10.1. The van der Waals surface area contributed by atoms with Gasteiger partial charge in [0.1, 0.15) is 21.2 Å². The lowest BCUT2D eigenvalue weighted by Gasteiger charge is -2.09. The van der Waals surface area contributed by atoms with Gasteiger partial charge in [-0.05, 0) is 47.2 Å². The first-order valence-corrected chi connectivity index (χ1v) is 17.0. The van der Waals surface area contributed by atoms with E-state index in [1.165, 1.54) is 18.2 Å². The molecule has 21 nitrogen and oxygen atoms in total. The van der Waals surface area contributed by atoms with E-state index in [1.807, 2.05) is 0 Å². The number of rotatable bonds is 10. The number of aromatic hydroxyl groups is 2. The summed E-state index contributed by atoms with van der Waals surface area (Å²) in [7, 11) is -14.8. The molecule has 0 radical (unpaired) electrons. The van der Waals surface area contributed by atoms with Gasteiger partial charge in [-0.2, -0.15) is 30.2 Å². The molecule has 0 aliphatic carbocycles. The SMILES string of the molecule is O=S(=O)(O)c1ccc2c(N=Nc3n[nH]c(N=Nc4c(O)c(S(=O)(=O)O)cc5cc(SOOO)ccc45)n3)c(O)c(S(=O)(=O)O)cc2c1. The van der Waals surface area contributed by atoms with Gasteiger partial charge in [0.05, 0.1) is 16.9 Å². The fourth-order valence-corrected chi connectivity index (χ4v) is 6.21. The standard InChI is InChI=1S/C22H15N7O14S4/c30-19-15(46(36,37)38)7-9-5-11(44-43-42-32)1-3-13(9)17(19)24-26-21-23-22(29-28-21)27-25-18-14-4-2-12(45(33,34)35)6-10(14)8-16(20(18)31)47(39,40)41/h1-8,30-32H,(H,23,28,29)(H,33,34,35)(H,36,37,38)(H,39,40,41). The highest BCUT2D eigenvalue weighted by Crippen LogP contribution is 2.43. The van der Waals surface area contributed by atoms with Crippen LogP contribution in [0.15, 0.2) is 88.6 Å². The highest BCUT2D eigenvalue weighted by molar-refractivity contribution is 7.94. The van der Waals surface area contributed by atoms with Gasteiger partial charge >= 0.3 is 0 Å². The van der Waals surface area contributed by atoms with Crippen molar-refractivity contribution in [2.45, 2.75) is 19.6 Å². The number of hydrogen-bond donors (Lipinski definition) is 7. The van der Waals surface area contributed by atoms with Crippen molar-refractivity contribution in [2.24, 2.45) is 20.5 Å². The van der Waals surface area contributed by atoms with Crippen LogP contribution >= 0.6 is 12.0 Å². The molecule has 0 saturated carbocycles. The van der Waals surface area contributed by atoms with Gasteiger partial charge in [0.2, 0.25) is 0 Å². The number of aromatic amines is 1. The predicted octanol–water partition coefficient (Wildman–Crippen LogP) is 4.52. The summed E-state index contributed by atoms with van der Waals surface area (Å²) in [4.78, 5) is 1.53. The van der Waals surface area contributed by atoms with Crippen molar-refractivity contribution in [3.05, 3.63) is 48.5 Å². The van der Waals surface area contributed by atoms with E-state index in [2.05, 4.69) is 45.0 Å². The van der Waals surface area contributed by atoms with E-state index in [1.54, 1.807) is 0 Å². The number of hydrogen-bond acceptors (Lipinski definition) is 18. The summed E-state index contributed by atoms with van der Waals surface area (Å²) in [5.41, 5.74) is -1.01. The van der Waals surface area contributed by atoms with Crippen molar-refractivity contribution < 1.29 is 63.8 Å². The Morgan fingerprint density at radius 1 is 0.702 bits per heavy atom. The Morgan fingerprint density at radius 3 is 1.81 bits per heavy atom. The van der Waals surface area contributed by atoms with Crippen LogP contribution in [-0.4, -0.2) is 69.6 Å². The first kappa shape index (κ1) is 33.7. The van der Waals surface area contributed by atoms with Crippen LogP contribution in [0.1, 0.15) is 0 Å². The summed E-state index contributed by atoms with van der Waals surface area (Å²) < 4.78 is 103. The summed E-state index contributed by atoms with van der Waals surface area (Å²) >= 11 is 0.544. The van der Waals surface area contributed by atoms with Crippen molar-refractivity contribution >= 4 is 87.2 Å². The topological polar surface area (TPSA) is 333 Å². The predicted molar refractivity (Wildman–Crippen MR) is 156 cm³/mol. The Balaban J connectivity index is 1.54. The molecule has 0 atom stereocenters. The maximum Gasteiger partial charge on any atom is 0.298 e. The van der Waals surface area contributed by atoms with E-state index in [4.69, 9.17) is 5.26 Å². The number of azo groups is 2. The van der Waals surface area contributed by atoms with Gasteiger partial charge in [0, 0.05) is 15.7 Å². The number of phenolic OH excluding ortho intramolecular Hbond substituents is 2. The molecule has 0 fully saturated rings. The second kappa shape index (κ2) is 12.5. The maximum atomic E-state index is 11.9. The van der Waals surface area contributed by atoms with Gasteiger partial charge in [-0.25, -0.2) is 10.4 Å². The summed E-state index contributed by atoms with van der Waals surface area (Å²) in [6.45, 7) is 0. The molecule has 25 heteroatoms. The average molecular weight is 730 g/mol. The number of phenols is 2. The highest BCUT2D eigenvalue weighted by Gasteiger charge is 2.24. The minimum absolute atomic E-state index is 0.0698. The molecule has 246 valence electrons. The molecule has 0 aliphatic rings. The highest BCUT2D eigenvalue weighted by atomic mass is 32.2. The van der Waals surface area contributed by atoms with Crippen LogP contribution in [0.25, 0.3) is 21.5 Å². The Kier molecular flexibility index (Phi) is 8.94. The van der Waals surface area contributed by atoms with Gasteiger partial charge in [-0.3, -0.25) is 13.7 Å². The molecular formula is C22H15N7O14S4. The number of H-pyrrole nitrogens is 1. The summed E-state index contributed by atoms with van der Waals surface area (Å²) in [6.07, 6.45) is 0. The van der Waals surface area contributed by atoms with E-state index in [-0.39, 0.29) is 21.5 Å². The average Bonchev–Trinajstić information content (AvgIpc) is 3.44. The van der Waals surface area contributed by atoms with E-state index < -0.39 is 79.8 Å². The summed E-state index contributed by atoms with van der Waals surface area (Å²) in [6, 6.07) is 8.68. The Labute approximate surface area is 265 Å². The zero-order valence-corrected chi connectivity index (χ0v) is 25.7. The Hall–Kier alpha value is -4.70. The molecule has 5 rings (SSSR count). The molecule has 0 saturated heterocycles. The molecule has 5 aromatic rings. The molecule has 0 amide bonds. The third-order valence-corrected chi connectivity index (χ3v) is 9.16. The van der Waals surface area contributed by atoms with Gasteiger partial charge in [0.25, 0.3) is 42.3 Å². The van der Waals surface area contributed by atoms with Crippen molar-refractivity contribution in [3.8, 4) is 11.5 Å². The molecule has 0 unspecified atom stereocenters. The molecule has 47 heavy (non-hydrogen) atoms. The fourth-order valence-electron chi connectivity index (χ4n) is 4.05. The molecule has 7 N–H and O–H groups in total. The maximum absolute atomic E-state index is 11.9. The van der Waals surface area contributed by atoms with Crippen LogP contribution in [0.2, 0.25) is 0 Å². The van der Waals surface area contributed by atoms with Crippen LogP contribution in [0, 0.1) is 0 Å². The Bertz CT molecular complexity index is 2470. The van der Waals surface area contributed by atoms with Gasteiger partial charge in [0.15, 0.2) is 11.5 Å². The van der Waals surface area contributed by atoms with E-state index in [9.17, 15) is 49.1 Å². The van der Waals surface area contributed by atoms with Crippen molar-refractivity contribution in [3.63, 3.8) is 0 Å². The van der Waals surface area contributed by atoms with Crippen LogP contribution in [0.4, 0.5) is 23.3 Å². The van der Waals surface area contributed by atoms with Crippen molar-refractivity contribution in [2.75, 3.05) is 0 Å². The first-order chi connectivity index (χ1) is 22.0. The van der Waals surface area contributed by atoms with Crippen LogP contribution in [0.3, 0.4) is 0 Å². The van der Waals surface area contributed by atoms with E-state index >= 15 is 0 Å². The monoisotopic (exact) mass is 729 g/mol. The zero-order valence-electron chi connectivity index (χ0n) is 22.4. The molecule has 1 aromatic heterocycles. The minimum atomic E-state index is -5.07. The first-order valence-electron chi connectivity index (χ1n) is 11.9. The number of fused-ring (bicyclic) bond motifs is 2. The Morgan fingerprint density at radius 2 is 1.26 bits per heavy atom. The fraction of sp³-hybridized carbons (Fsp3) is 0. The second-order valence-electron chi connectivity index (χ2n) is 8.92. The van der Waals surface area contributed by atoms with Crippen LogP contribution < -0.4 is 0 Å². The molecular weight excluding hydrogens is 715 g/mol. The molecule has 0 bridgehead atoms. The van der Waals surface area contributed by atoms with Crippen LogP contribution in [0.5, 0.6) is 11.5 Å². The minimum Gasteiger partial charge on any atom is -0.504 e. The summed E-state index contributed by atoms with van der Waals surface area (Å²) in [5.74, 6) is -2.94. The lowest BCUT2D eigenvalue weighted by Crippen LogP contribution is -2.00. The molecule has 0 spiro atoms. The van der Waals surface area contributed by atoms with Crippen molar-refractivity contribution in [1.82, 2.24) is 15.2 Å². The van der Waals surface area contributed by atoms with Crippen molar-refractivity contribution in [1.29, 1.82) is 0 Å². The molecule has 0 aliphatic heterocycles. The number of benzene rings is 4. The third kappa shape index (κ3) is 7.17. The lowest BCUT2D eigenvalue weighted by molar-refractivity contribution is -0.432. The quantitative estimate of drug-likeness (QED) is 0.0341. The van der Waals surface area contributed by atoms with E-state index in [0.29, 0.717) is 16.9 Å². The second-order valence-corrected chi connectivity index (χ2v) is 13.9. The zero-order chi connectivity index (χ0) is 34.3. The smallest absolute Gasteiger partial charge is 0.298 e. The number of nitrogens with one attached hydrogen (secondary N) is 1. The van der Waals surface area contributed by atoms with Crippen LogP contribution in [-0.2, 0) is 39.7 Å². The van der Waals surface area contributed by atoms with Gasteiger partial charge in [-0.15, -0.1) is 29.9 Å². The molecule has 4 aromatic carbocycles. The number of aromatic nitrogens is 3. The van der Waals surface area contributed by atoms with E-state index in [0.717, 1.165) is 30.3 Å².